The van der Waals surface area contributed by atoms with Crippen molar-refractivity contribution in [2.45, 2.75) is 44.6 Å². The topological polar surface area (TPSA) is 78.1 Å². The average molecular weight is 312 g/mol. The minimum atomic E-state index is -3.43. The molecule has 0 aromatic carbocycles. The van der Waals surface area contributed by atoms with Crippen LogP contribution in [0, 0.1) is 18.8 Å². The number of nitrogens with zero attached hydrogens (tertiary/aromatic N) is 2. The molecule has 2 atom stereocenters. The summed E-state index contributed by atoms with van der Waals surface area (Å²) in [7, 11) is -3.43. The van der Waals surface area contributed by atoms with Gasteiger partial charge in [0.2, 0.25) is 10.0 Å². The molecule has 1 aliphatic heterocycles. The monoisotopic (exact) mass is 312 g/mol. The highest BCUT2D eigenvalue weighted by Gasteiger charge is 2.42. The Morgan fingerprint density at radius 3 is 2.62 bits per heavy atom. The van der Waals surface area contributed by atoms with Crippen molar-refractivity contribution < 1.29 is 8.42 Å². The zero-order valence-corrected chi connectivity index (χ0v) is 13.5. The molecular formula is C14H24N4O2S. The van der Waals surface area contributed by atoms with Crippen LogP contribution in [0.1, 0.15) is 37.6 Å². The lowest BCUT2D eigenvalue weighted by Crippen LogP contribution is -2.31. The van der Waals surface area contributed by atoms with Gasteiger partial charge in [0.25, 0.3) is 0 Å². The summed E-state index contributed by atoms with van der Waals surface area (Å²) in [6.45, 7) is 6.41. The summed E-state index contributed by atoms with van der Waals surface area (Å²) < 4.78 is 27.6. The van der Waals surface area contributed by atoms with Gasteiger partial charge >= 0.3 is 0 Å². The van der Waals surface area contributed by atoms with Crippen molar-refractivity contribution in [1.29, 1.82) is 0 Å². The van der Waals surface area contributed by atoms with Crippen LogP contribution in [-0.2, 0) is 16.6 Å². The minimum Gasteiger partial charge on any atom is -0.311 e. The van der Waals surface area contributed by atoms with Gasteiger partial charge in [-0.15, -0.1) is 0 Å². The van der Waals surface area contributed by atoms with E-state index in [4.69, 9.17) is 0 Å². The number of hydrogen-bond donors (Lipinski definition) is 2. The normalized spacial score (nSPS) is 26.4. The quantitative estimate of drug-likeness (QED) is 0.858. The van der Waals surface area contributed by atoms with Gasteiger partial charge in [-0.3, -0.25) is 5.10 Å². The first-order valence-corrected chi connectivity index (χ1v) is 9.22. The second kappa shape index (κ2) is 5.70. The first-order valence-electron chi connectivity index (χ1n) is 7.78. The van der Waals surface area contributed by atoms with Crippen LogP contribution < -0.4 is 5.32 Å². The van der Waals surface area contributed by atoms with Crippen LogP contribution in [0.2, 0.25) is 0 Å². The van der Waals surface area contributed by atoms with E-state index in [2.05, 4.69) is 15.5 Å². The third-order valence-corrected chi connectivity index (χ3v) is 6.83. The molecule has 118 valence electrons. The van der Waals surface area contributed by atoms with E-state index in [0.29, 0.717) is 47.8 Å². The van der Waals surface area contributed by atoms with E-state index in [-0.39, 0.29) is 0 Å². The average Bonchev–Trinajstić information content (AvgIpc) is 3.09. The van der Waals surface area contributed by atoms with Gasteiger partial charge in [0.15, 0.2) is 0 Å². The molecule has 1 saturated carbocycles. The van der Waals surface area contributed by atoms with Crippen LogP contribution in [0.3, 0.4) is 0 Å². The van der Waals surface area contributed by atoms with E-state index in [1.807, 2.05) is 6.92 Å². The Kier molecular flexibility index (Phi) is 4.07. The molecule has 1 aromatic heterocycles. The third kappa shape index (κ3) is 2.62. The molecule has 3 rings (SSSR count). The molecule has 2 aliphatic rings. The maximum atomic E-state index is 13.0. The number of H-pyrrole nitrogens is 1. The van der Waals surface area contributed by atoms with Crippen LogP contribution in [-0.4, -0.2) is 42.6 Å². The number of aromatic amines is 1. The fourth-order valence-electron chi connectivity index (χ4n) is 3.69. The van der Waals surface area contributed by atoms with Crippen molar-refractivity contribution >= 4 is 10.0 Å². The summed E-state index contributed by atoms with van der Waals surface area (Å²) in [5.74, 6) is 1.12. The highest BCUT2D eigenvalue weighted by molar-refractivity contribution is 7.89. The second-order valence-electron chi connectivity index (χ2n) is 6.18. The van der Waals surface area contributed by atoms with Gasteiger partial charge in [0.05, 0.1) is 11.4 Å². The molecule has 21 heavy (non-hydrogen) atoms. The molecule has 1 aromatic rings. The van der Waals surface area contributed by atoms with Crippen molar-refractivity contribution in [1.82, 2.24) is 19.8 Å². The third-order valence-electron chi connectivity index (χ3n) is 4.79. The zero-order chi connectivity index (χ0) is 15.0. The van der Waals surface area contributed by atoms with Crippen molar-refractivity contribution in [3.05, 3.63) is 11.4 Å². The van der Waals surface area contributed by atoms with Crippen LogP contribution in [0.5, 0.6) is 0 Å². The predicted molar refractivity (Wildman–Crippen MR) is 80.3 cm³/mol. The van der Waals surface area contributed by atoms with Crippen molar-refractivity contribution in [3.63, 3.8) is 0 Å². The number of aromatic nitrogens is 2. The predicted octanol–water partition coefficient (Wildman–Crippen LogP) is 1.25. The van der Waals surface area contributed by atoms with Crippen LogP contribution in [0.4, 0.5) is 0 Å². The van der Waals surface area contributed by atoms with E-state index in [1.54, 1.807) is 11.2 Å². The van der Waals surface area contributed by atoms with Gasteiger partial charge in [-0.1, -0.05) is 13.3 Å². The fourth-order valence-corrected chi connectivity index (χ4v) is 5.57. The van der Waals surface area contributed by atoms with E-state index in [0.717, 1.165) is 6.54 Å². The number of nitrogens with one attached hydrogen (secondary N) is 2. The lowest BCUT2D eigenvalue weighted by atomic mass is 10.0. The Balaban J connectivity index is 1.86. The Hall–Kier alpha value is -0.920. The van der Waals surface area contributed by atoms with E-state index < -0.39 is 10.0 Å². The number of rotatable bonds is 5. The highest BCUT2D eigenvalue weighted by atomic mass is 32.2. The molecule has 0 spiro atoms. The molecule has 1 aliphatic carbocycles. The van der Waals surface area contributed by atoms with Crippen LogP contribution >= 0.6 is 0 Å². The van der Waals surface area contributed by atoms with E-state index in [9.17, 15) is 8.42 Å². The first kappa shape index (κ1) is 15.0. The smallest absolute Gasteiger partial charge is 0.246 e. The van der Waals surface area contributed by atoms with Gasteiger partial charge in [0.1, 0.15) is 4.90 Å². The van der Waals surface area contributed by atoms with E-state index >= 15 is 0 Å². The summed E-state index contributed by atoms with van der Waals surface area (Å²) in [6.07, 6.45) is 3.59. The number of sulfonamides is 1. The summed E-state index contributed by atoms with van der Waals surface area (Å²) in [4.78, 5) is 0.378. The molecule has 0 amide bonds. The molecule has 1 saturated heterocycles. The molecule has 0 bridgehead atoms. The summed E-state index contributed by atoms with van der Waals surface area (Å²) in [5.41, 5.74) is 1.24. The maximum absolute atomic E-state index is 13.0. The molecule has 2 unspecified atom stereocenters. The molecule has 0 radical (unpaired) electrons. The van der Waals surface area contributed by atoms with Crippen molar-refractivity contribution in [2.24, 2.45) is 11.8 Å². The lowest BCUT2D eigenvalue weighted by Gasteiger charge is -2.18. The molecule has 2 N–H and O–H groups in total. The van der Waals surface area contributed by atoms with Gasteiger partial charge < -0.3 is 5.32 Å². The van der Waals surface area contributed by atoms with Gasteiger partial charge in [-0.25, -0.2) is 8.42 Å². The SMILES string of the molecule is CCNCc1n[nH]c(C)c1S(=O)(=O)N1CC2CCCC2C1. The van der Waals surface area contributed by atoms with Crippen molar-refractivity contribution in [3.8, 4) is 0 Å². The highest BCUT2D eigenvalue weighted by Crippen LogP contribution is 2.40. The number of fused-ring (bicyclic) bond motifs is 1. The largest absolute Gasteiger partial charge is 0.311 e. The maximum Gasteiger partial charge on any atom is 0.246 e. The minimum absolute atomic E-state index is 0.378. The Bertz CT molecular complexity index is 598. The lowest BCUT2D eigenvalue weighted by molar-refractivity contribution is 0.444. The van der Waals surface area contributed by atoms with Crippen LogP contribution in [0.15, 0.2) is 4.90 Å². The first-order chi connectivity index (χ1) is 10.0. The van der Waals surface area contributed by atoms with Crippen molar-refractivity contribution in [2.75, 3.05) is 19.6 Å². The van der Waals surface area contributed by atoms with Gasteiger partial charge in [0, 0.05) is 19.6 Å². The summed E-state index contributed by atoms with van der Waals surface area (Å²) in [5, 5.41) is 10.2. The van der Waals surface area contributed by atoms with Crippen LogP contribution in [0.25, 0.3) is 0 Å². The summed E-state index contributed by atoms with van der Waals surface area (Å²) >= 11 is 0. The Labute approximate surface area is 126 Å². The fraction of sp³-hybridized carbons (Fsp3) is 0.786. The molecular weight excluding hydrogens is 288 g/mol. The molecule has 2 heterocycles. The molecule has 6 nitrogen and oxygen atoms in total. The second-order valence-corrected chi connectivity index (χ2v) is 8.05. The van der Waals surface area contributed by atoms with Gasteiger partial charge in [-0.2, -0.15) is 9.40 Å². The van der Waals surface area contributed by atoms with E-state index in [1.165, 1.54) is 19.3 Å². The molecule has 2 fully saturated rings. The summed E-state index contributed by atoms with van der Waals surface area (Å²) in [6, 6.07) is 0. The number of hydrogen-bond acceptors (Lipinski definition) is 4. The zero-order valence-electron chi connectivity index (χ0n) is 12.7. The molecule has 7 heteroatoms. The van der Waals surface area contributed by atoms with Gasteiger partial charge in [-0.05, 0) is 38.1 Å². The number of aryl methyl sites for hydroxylation is 1. The Morgan fingerprint density at radius 2 is 2.00 bits per heavy atom. The standard InChI is InChI=1S/C14H24N4O2S/c1-3-15-7-13-14(10(2)16-17-13)21(19,20)18-8-11-5-4-6-12(11)9-18/h11-12,15H,3-9H2,1-2H3,(H,16,17). The Morgan fingerprint density at radius 1 is 1.33 bits per heavy atom.